The van der Waals surface area contributed by atoms with Crippen LogP contribution in [0.2, 0.25) is 0 Å². The molecule has 0 radical (unpaired) electrons. The Morgan fingerprint density at radius 1 is 1.10 bits per heavy atom. The minimum atomic E-state index is -0.506. The number of benzene rings is 2. The highest BCUT2D eigenvalue weighted by Gasteiger charge is 2.22. The number of rotatable bonds is 6. The molecule has 0 aliphatic carbocycles. The normalized spacial score (nSPS) is 13.3. The molecule has 1 amide bonds. The first-order valence-corrected chi connectivity index (χ1v) is 10.1. The average Bonchev–Trinajstić information content (AvgIpc) is 3.26. The van der Waals surface area contributed by atoms with Crippen LogP contribution in [0.15, 0.2) is 68.9 Å². The molecular weight excluding hydrogens is 396 g/mol. The highest BCUT2D eigenvalue weighted by molar-refractivity contribution is 6.02. The lowest BCUT2D eigenvalue weighted by Crippen LogP contribution is -2.24. The molecular formula is C24H22N2O5. The number of carbonyl (C=O) groups is 2. The lowest BCUT2D eigenvalue weighted by atomic mass is 10.1. The van der Waals surface area contributed by atoms with Gasteiger partial charge in [-0.15, -0.1) is 0 Å². The van der Waals surface area contributed by atoms with Crippen LogP contribution in [0.5, 0.6) is 0 Å². The first-order chi connectivity index (χ1) is 15.0. The Bertz CT molecular complexity index is 1210. The summed E-state index contributed by atoms with van der Waals surface area (Å²) < 4.78 is 10.5. The summed E-state index contributed by atoms with van der Waals surface area (Å²) in [4.78, 5) is 36.4. The predicted molar refractivity (Wildman–Crippen MR) is 116 cm³/mol. The summed E-state index contributed by atoms with van der Waals surface area (Å²) in [7, 11) is 0. The van der Waals surface area contributed by atoms with Crippen LogP contribution in [0, 0.1) is 6.92 Å². The molecule has 7 heteroatoms. The Kier molecular flexibility index (Phi) is 5.93. The first kappa shape index (κ1) is 20.5. The van der Waals surface area contributed by atoms with Crippen LogP contribution >= 0.6 is 0 Å². The molecule has 1 aliphatic heterocycles. The van der Waals surface area contributed by atoms with Crippen molar-refractivity contribution in [2.24, 2.45) is 5.10 Å². The lowest BCUT2D eigenvalue weighted by Gasteiger charge is -2.11. The third-order valence-corrected chi connectivity index (χ3v) is 5.11. The molecule has 31 heavy (non-hydrogen) atoms. The second kappa shape index (κ2) is 8.95. The maximum Gasteiger partial charge on any atom is 0.336 e. The summed E-state index contributed by atoms with van der Waals surface area (Å²) in [6.45, 7) is 2.35. The van der Waals surface area contributed by atoms with E-state index in [9.17, 15) is 14.4 Å². The van der Waals surface area contributed by atoms with Gasteiger partial charge in [0, 0.05) is 29.9 Å². The number of hydrogen-bond acceptors (Lipinski definition) is 6. The van der Waals surface area contributed by atoms with Crippen LogP contribution in [0.3, 0.4) is 0 Å². The molecule has 2 aromatic carbocycles. The van der Waals surface area contributed by atoms with Gasteiger partial charge in [0.05, 0.1) is 18.7 Å². The number of ether oxygens (including phenoxy) is 1. The molecule has 1 aromatic heterocycles. The third-order valence-electron chi connectivity index (χ3n) is 5.11. The van der Waals surface area contributed by atoms with Gasteiger partial charge < -0.3 is 9.15 Å². The molecule has 0 atom stereocenters. The SMILES string of the molecule is Cc1ccc2c(COC(=O)CCC(=O)N3CCC(c4ccccc4)=N3)cc(=O)oc2c1. The van der Waals surface area contributed by atoms with Gasteiger partial charge in [-0.3, -0.25) is 9.59 Å². The third kappa shape index (κ3) is 4.88. The van der Waals surface area contributed by atoms with Gasteiger partial charge in [0.25, 0.3) is 0 Å². The first-order valence-electron chi connectivity index (χ1n) is 10.1. The van der Waals surface area contributed by atoms with E-state index in [1.54, 1.807) is 6.07 Å². The number of hydrazone groups is 1. The molecule has 0 bridgehead atoms. The fourth-order valence-corrected chi connectivity index (χ4v) is 3.50. The molecule has 4 rings (SSSR count). The fourth-order valence-electron chi connectivity index (χ4n) is 3.50. The zero-order valence-corrected chi connectivity index (χ0v) is 17.2. The Labute approximate surface area is 178 Å². The van der Waals surface area contributed by atoms with Gasteiger partial charge in [-0.25, -0.2) is 9.80 Å². The Balaban J connectivity index is 1.32. The smallest absolute Gasteiger partial charge is 0.336 e. The molecule has 0 unspecified atom stereocenters. The monoisotopic (exact) mass is 418 g/mol. The zero-order valence-electron chi connectivity index (χ0n) is 17.2. The molecule has 3 aromatic rings. The second-order valence-electron chi connectivity index (χ2n) is 7.43. The van der Waals surface area contributed by atoms with E-state index in [4.69, 9.17) is 9.15 Å². The largest absolute Gasteiger partial charge is 0.461 e. The molecule has 0 saturated heterocycles. The number of carbonyl (C=O) groups excluding carboxylic acids is 2. The number of fused-ring (bicyclic) bond motifs is 1. The van der Waals surface area contributed by atoms with Crippen molar-refractivity contribution < 1.29 is 18.7 Å². The minimum Gasteiger partial charge on any atom is -0.461 e. The predicted octanol–water partition coefficient (Wildman–Crippen LogP) is 3.56. The van der Waals surface area contributed by atoms with Crippen molar-refractivity contribution in [2.75, 3.05) is 6.54 Å². The van der Waals surface area contributed by atoms with Crippen LogP contribution in [0.1, 0.15) is 36.0 Å². The van der Waals surface area contributed by atoms with Crippen molar-refractivity contribution in [3.05, 3.63) is 81.7 Å². The van der Waals surface area contributed by atoms with E-state index < -0.39 is 11.6 Å². The maximum absolute atomic E-state index is 12.4. The summed E-state index contributed by atoms with van der Waals surface area (Å²) in [5.74, 6) is -0.725. The van der Waals surface area contributed by atoms with Crippen molar-refractivity contribution in [3.8, 4) is 0 Å². The van der Waals surface area contributed by atoms with Gasteiger partial charge in [0.2, 0.25) is 5.91 Å². The average molecular weight is 418 g/mol. The summed E-state index contributed by atoms with van der Waals surface area (Å²) in [5, 5.41) is 6.51. The van der Waals surface area contributed by atoms with Crippen LogP contribution in [-0.4, -0.2) is 29.1 Å². The molecule has 1 aliphatic rings. The quantitative estimate of drug-likeness (QED) is 0.451. The number of amides is 1. The van der Waals surface area contributed by atoms with Crippen molar-refractivity contribution in [2.45, 2.75) is 32.8 Å². The number of esters is 1. The molecule has 0 spiro atoms. The highest BCUT2D eigenvalue weighted by atomic mass is 16.5. The van der Waals surface area contributed by atoms with E-state index in [1.807, 2.05) is 49.4 Å². The van der Waals surface area contributed by atoms with Crippen molar-refractivity contribution in [1.29, 1.82) is 0 Å². The highest BCUT2D eigenvalue weighted by Crippen LogP contribution is 2.20. The van der Waals surface area contributed by atoms with Crippen molar-refractivity contribution in [1.82, 2.24) is 5.01 Å². The van der Waals surface area contributed by atoms with E-state index in [1.165, 1.54) is 11.1 Å². The van der Waals surface area contributed by atoms with Crippen molar-refractivity contribution in [3.63, 3.8) is 0 Å². The summed E-state index contributed by atoms with van der Waals surface area (Å²) in [5.41, 5.74) is 3.34. The number of nitrogens with zero attached hydrogens (tertiary/aromatic N) is 2. The van der Waals surface area contributed by atoms with E-state index in [-0.39, 0.29) is 25.4 Å². The van der Waals surface area contributed by atoms with Gasteiger partial charge in [0.15, 0.2) is 0 Å². The summed E-state index contributed by atoms with van der Waals surface area (Å²) in [6.07, 6.45) is 0.647. The number of hydrogen-bond donors (Lipinski definition) is 0. The maximum atomic E-state index is 12.4. The Morgan fingerprint density at radius 3 is 2.71 bits per heavy atom. The van der Waals surface area contributed by atoms with E-state index in [0.29, 0.717) is 29.5 Å². The molecule has 158 valence electrons. The molecule has 0 saturated carbocycles. The summed E-state index contributed by atoms with van der Waals surface area (Å²) in [6, 6.07) is 16.5. The Morgan fingerprint density at radius 2 is 1.90 bits per heavy atom. The van der Waals surface area contributed by atoms with Gasteiger partial charge in [-0.05, 0) is 24.1 Å². The molecule has 2 heterocycles. The van der Waals surface area contributed by atoms with E-state index in [2.05, 4.69) is 5.10 Å². The van der Waals surface area contributed by atoms with E-state index >= 15 is 0 Å². The molecule has 7 nitrogen and oxygen atoms in total. The fraction of sp³-hybridized carbons (Fsp3) is 0.250. The Hall–Kier alpha value is -3.74. The van der Waals surface area contributed by atoms with Crippen LogP contribution in [-0.2, 0) is 20.9 Å². The summed E-state index contributed by atoms with van der Waals surface area (Å²) >= 11 is 0. The van der Waals surface area contributed by atoms with E-state index in [0.717, 1.165) is 16.8 Å². The van der Waals surface area contributed by atoms with Crippen LogP contribution in [0.25, 0.3) is 11.0 Å². The topological polar surface area (TPSA) is 89.2 Å². The number of aryl methyl sites for hydroxylation is 1. The molecule has 0 fully saturated rings. The van der Waals surface area contributed by atoms with Gasteiger partial charge in [0.1, 0.15) is 12.2 Å². The van der Waals surface area contributed by atoms with Gasteiger partial charge >= 0.3 is 11.6 Å². The van der Waals surface area contributed by atoms with Gasteiger partial charge in [-0.1, -0.05) is 42.5 Å². The standard InChI is InChI=1S/C24H22N2O5/c1-16-7-8-19-18(14-24(29)31-21(19)13-16)15-30-23(28)10-9-22(27)26-12-11-20(25-26)17-5-3-2-4-6-17/h2-8,13-14H,9-12,15H2,1H3. The van der Waals surface area contributed by atoms with Crippen LogP contribution < -0.4 is 5.63 Å². The molecule has 0 N–H and O–H groups in total. The lowest BCUT2D eigenvalue weighted by molar-refractivity contribution is -0.147. The van der Waals surface area contributed by atoms with Crippen molar-refractivity contribution >= 4 is 28.6 Å². The van der Waals surface area contributed by atoms with Gasteiger partial charge in [-0.2, -0.15) is 5.10 Å². The minimum absolute atomic E-state index is 0.0152. The second-order valence-corrected chi connectivity index (χ2v) is 7.43. The zero-order chi connectivity index (χ0) is 21.8. The van der Waals surface area contributed by atoms with Crippen LogP contribution in [0.4, 0.5) is 0 Å².